The van der Waals surface area contributed by atoms with Gasteiger partial charge in [-0.05, 0) is 31.1 Å². The molecule has 0 unspecified atom stereocenters. The van der Waals surface area contributed by atoms with Gasteiger partial charge in [-0.2, -0.15) is 0 Å². The largest absolute Gasteiger partial charge is 0.468 e. The van der Waals surface area contributed by atoms with E-state index < -0.39 is 5.97 Å². The lowest BCUT2D eigenvalue weighted by molar-refractivity contribution is -0.151. The van der Waals surface area contributed by atoms with Gasteiger partial charge in [0.05, 0.1) is 18.9 Å². The molecule has 2 aliphatic carbocycles. The topological polar surface area (TPSA) is 63.7 Å². The van der Waals surface area contributed by atoms with Crippen molar-refractivity contribution in [1.29, 1.82) is 0 Å². The van der Waals surface area contributed by atoms with Crippen molar-refractivity contribution in [3.8, 4) is 0 Å². The second kappa shape index (κ2) is 3.55. The second-order valence-electron chi connectivity index (χ2n) is 5.22. The molecule has 5 heteroatoms. The zero-order valence-electron chi connectivity index (χ0n) is 9.72. The molecule has 3 fully saturated rings. The van der Waals surface area contributed by atoms with Crippen LogP contribution in [0.15, 0.2) is 0 Å². The van der Waals surface area contributed by atoms with Crippen LogP contribution in [0.3, 0.4) is 0 Å². The summed E-state index contributed by atoms with van der Waals surface area (Å²) in [7, 11) is 1.26. The van der Waals surface area contributed by atoms with Crippen molar-refractivity contribution in [2.24, 2.45) is 23.7 Å². The van der Waals surface area contributed by atoms with Gasteiger partial charge in [-0.25, -0.2) is 0 Å². The van der Waals surface area contributed by atoms with Gasteiger partial charge in [0, 0.05) is 0 Å². The van der Waals surface area contributed by atoms with Crippen LogP contribution in [0.25, 0.3) is 0 Å². The summed E-state index contributed by atoms with van der Waals surface area (Å²) in [5.74, 6) is -0.403. The molecule has 4 atom stereocenters. The van der Waals surface area contributed by atoms with E-state index in [1.54, 1.807) is 0 Å². The number of imide groups is 1. The van der Waals surface area contributed by atoms with Crippen molar-refractivity contribution in [1.82, 2.24) is 4.90 Å². The highest BCUT2D eigenvalue weighted by Crippen LogP contribution is 2.55. The Morgan fingerprint density at radius 3 is 2.24 bits per heavy atom. The molecule has 0 radical (unpaired) electrons. The average Bonchev–Trinajstić information content (AvgIpc) is 2.98. The second-order valence-corrected chi connectivity index (χ2v) is 5.22. The Hall–Kier alpha value is -1.39. The normalized spacial score (nSPS) is 38.8. The Morgan fingerprint density at radius 1 is 1.24 bits per heavy atom. The highest BCUT2D eigenvalue weighted by molar-refractivity contribution is 6.07. The molecule has 3 rings (SSSR count). The van der Waals surface area contributed by atoms with E-state index in [0.29, 0.717) is 11.8 Å². The molecular formula is C12H15NO4. The van der Waals surface area contributed by atoms with E-state index in [1.807, 2.05) is 0 Å². The summed E-state index contributed by atoms with van der Waals surface area (Å²) in [6.45, 7) is -0.222. The Balaban J connectivity index is 1.83. The first kappa shape index (κ1) is 10.7. The molecule has 1 saturated heterocycles. The summed E-state index contributed by atoms with van der Waals surface area (Å²) in [4.78, 5) is 36.6. The van der Waals surface area contributed by atoms with Crippen molar-refractivity contribution in [3.05, 3.63) is 0 Å². The number of hydrogen-bond acceptors (Lipinski definition) is 4. The van der Waals surface area contributed by atoms with Crippen LogP contribution in [0.2, 0.25) is 0 Å². The first-order valence-corrected chi connectivity index (χ1v) is 6.05. The zero-order valence-corrected chi connectivity index (χ0v) is 9.72. The van der Waals surface area contributed by atoms with Crippen molar-refractivity contribution in [2.45, 2.75) is 19.3 Å². The van der Waals surface area contributed by atoms with Crippen molar-refractivity contribution in [2.75, 3.05) is 13.7 Å². The number of ether oxygens (including phenoxy) is 1. The fraction of sp³-hybridized carbons (Fsp3) is 0.750. The van der Waals surface area contributed by atoms with Crippen LogP contribution < -0.4 is 0 Å². The molecule has 1 heterocycles. The first-order chi connectivity index (χ1) is 8.13. The Bertz CT molecular complexity index is 377. The van der Waals surface area contributed by atoms with Gasteiger partial charge >= 0.3 is 5.97 Å². The third-order valence-electron chi connectivity index (χ3n) is 4.53. The van der Waals surface area contributed by atoms with Crippen LogP contribution in [-0.2, 0) is 19.1 Å². The minimum Gasteiger partial charge on any atom is -0.468 e. The molecule has 5 nitrogen and oxygen atoms in total. The van der Waals surface area contributed by atoms with Crippen LogP contribution in [0.4, 0.5) is 0 Å². The SMILES string of the molecule is COC(=O)CN1C(=O)[C@@H]2[C@H]3CC[C@@H](C3)[C@@H]2C1=O. The smallest absolute Gasteiger partial charge is 0.325 e. The molecule has 0 aromatic carbocycles. The number of likely N-dealkylation sites (tertiary alicyclic amines) is 1. The molecule has 0 aromatic heterocycles. The van der Waals surface area contributed by atoms with E-state index in [2.05, 4.69) is 4.74 Å². The van der Waals surface area contributed by atoms with Crippen molar-refractivity contribution in [3.63, 3.8) is 0 Å². The number of carbonyl (C=O) groups is 3. The molecule has 0 N–H and O–H groups in total. The van der Waals surface area contributed by atoms with Crippen LogP contribution in [0, 0.1) is 23.7 Å². The quantitative estimate of drug-likeness (QED) is 0.508. The number of esters is 1. The lowest BCUT2D eigenvalue weighted by Gasteiger charge is -2.19. The van der Waals surface area contributed by atoms with Crippen LogP contribution in [0.5, 0.6) is 0 Å². The van der Waals surface area contributed by atoms with Gasteiger partial charge in [0.1, 0.15) is 6.54 Å². The fourth-order valence-electron chi connectivity index (χ4n) is 3.82. The maximum absolute atomic E-state index is 12.1. The third kappa shape index (κ3) is 1.34. The number of rotatable bonds is 2. The summed E-state index contributed by atoms with van der Waals surface area (Å²) >= 11 is 0. The van der Waals surface area contributed by atoms with Gasteiger partial charge in [0.15, 0.2) is 0 Å². The molecule has 2 bridgehead atoms. The predicted molar refractivity (Wildman–Crippen MR) is 56.5 cm³/mol. The summed E-state index contributed by atoms with van der Waals surface area (Å²) in [6, 6.07) is 0. The molecule has 2 saturated carbocycles. The lowest BCUT2D eigenvalue weighted by Crippen LogP contribution is -2.37. The maximum Gasteiger partial charge on any atom is 0.325 e. The fourth-order valence-corrected chi connectivity index (χ4v) is 3.82. The number of nitrogens with zero attached hydrogens (tertiary/aromatic N) is 1. The Kier molecular flexibility index (Phi) is 2.24. The van der Waals surface area contributed by atoms with Gasteiger partial charge in [-0.3, -0.25) is 19.3 Å². The van der Waals surface area contributed by atoms with Crippen LogP contribution in [0.1, 0.15) is 19.3 Å². The first-order valence-electron chi connectivity index (χ1n) is 6.05. The lowest BCUT2D eigenvalue weighted by atomic mass is 9.81. The number of amides is 2. The highest BCUT2D eigenvalue weighted by Gasteiger charge is 2.60. The maximum atomic E-state index is 12.1. The minimum atomic E-state index is -0.529. The highest BCUT2D eigenvalue weighted by atomic mass is 16.5. The minimum absolute atomic E-state index is 0.147. The Labute approximate surface area is 99.1 Å². The van der Waals surface area contributed by atoms with Crippen LogP contribution >= 0.6 is 0 Å². The summed E-state index contributed by atoms with van der Waals surface area (Å²) in [5.41, 5.74) is 0. The van der Waals surface area contributed by atoms with E-state index in [1.165, 1.54) is 7.11 Å². The van der Waals surface area contributed by atoms with Crippen LogP contribution in [-0.4, -0.2) is 36.3 Å². The van der Waals surface area contributed by atoms with E-state index in [4.69, 9.17) is 0 Å². The molecule has 0 spiro atoms. The Morgan fingerprint density at radius 2 is 1.76 bits per heavy atom. The van der Waals surface area contributed by atoms with E-state index >= 15 is 0 Å². The summed E-state index contributed by atoms with van der Waals surface area (Å²) in [6.07, 6.45) is 3.12. The van der Waals surface area contributed by atoms with Gasteiger partial charge in [-0.1, -0.05) is 0 Å². The molecular weight excluding hydrogens is 222 g/mol. The number of methoxy groups -OCH3 is 1. The summed E-state index contributed by atoms with van der Waals surface area (Å²) < 4.78 is 4.52. The number of hydrogen-bond donors (Lipinski definition) is 0. The third-order valence-corrected chi connectivity index (χ3v) is 4.53. The number of carbonyl (C=O) groups excluding carboxylic acids is 3. The van der Waals surface area contributed by atoms with E-state index in [0.717, 1.165) is 24.2 Å². The summed E-state index contributed by atoms with van der Waals surface area (Å²) in [5, 5.41) is 0. The standard InChI is InChI=1S/C12H15NO4/c1-17-8(14)5-13-11(15)9-6-2-3-7(4-6)10(9)12(13)16/h6-7,9-10H,2-5H2,1H3/t6-,7-,9-,10+/m0/s1. The molecule has 17 heavy (non-hydrogen) atoms. The van der Waals surface area contributed by atoms with Gasteiger partial charge in [0.25, 0.3) is 0 Å². The monoisotopic (exact) mass is 237 g/mol. The average molecular weight is 237 g/mol. The zero-order chi connectivity index (χ0) is 12.2. The number of fused-ring (bicyclic) bond motifs is 5. The van der Waals surface area contributed by atoms with Gasteiger partial charge in [0.2, 0.25) is 11.8 Å². The van der Waals surface area contributed by atoms with Crippen molar-refractivity contribution >= 4 is 17.8 Å². The molecule has 3 aliphatic rings. The van der Waals surface area contributed by atoms with E-state index in [-0.39, 0.29) is 30.2 Å². The molecule has 92 valence electrons. The van der Waals surface area contributed by atoms with Crippen molar-refractivity contribution < 1.29 is 19.1 Å². The molecule has 0 aromatic rings. The van der Waals surface area contributed by atoms with E-state index in [9.17, 15) is 14.4 Å². The predicted octanol–water partition coefficient (Wildman–Crippen LogP) is 0.190. The van der Waals surface area contributed by atoms with Gasteiger partial charge < -0.3 is 4.74 Å². The molecule has 1 aliphatic heterocycles. The van der Waals surface area contributed by atoms with Gasteiger partial charge in [-0.15, -0.1) is 0 Å². The molecule has 2 amide bonds.